The molecule has 0 radical (unpaired) electrons. The third kappa shape index (κ3) is 4.85. The van der Waals surface area contributed by atoms with Crippen LogP contribution in [0.25, 0.3) is 0 Å². The van der Waals surface area contributed by atoms with Crippen LogP contribution in [0, 0.1) is 11.6 Å². The maximum atomic E-state index is 13.3. The molecule has 2 amide bonds. The monoisotopic (exact) mass is 292 g/mol. The first-order valence-corrected chi connectivity index (χ1v) is 6.28. The van der Waals surface area contributed by atoms with Gasteiger partial charge in [0, 0.05) is 12.1 Å². The van der Waals surface area contributed by atoms with Crippen molar-refractivity contribution in [2.75, 3.05) is 0 Å². The summed E-state index contributed by atoms with van der Waals surface area (Å²) in [6.07, 6.45) is 0. The Morgan fingerprint density at radius 2 is 1.86 bits per heavy atom. The molecule has 0 saturated heterocycles. The van der Waals surface area contributed by atoms with Gasteiger partial charge in [0.2, 0.25) is 0 Å². The van der Waals surface area contributed by atoms with Crippen molar-refractivity contribution in [1.82, 2.24) is 10.8 Å². The number of rotatable bonds is 5. The minimum Gasteiger partial charge on any atom is -0.332 e. The molecule has 2 aromatic carbocycles. The number of carbonyl (C=O) groups is 1. The molecule has 0 aliphatic rings. The van der Waals surface area contributed by atoms with Crippen molar-refractivity contribution < 1.29 is 18.4 Å². The van der Waals surface area contributed by atoms with Crippen molar-refractivity contribution in [3.05, 3.63) is 71.3 Å². The summed E-state index contributed by atoms with van der Waals surface area (Å²) in [6, 6.07) is 11.7. The maximum absolute atomic E-state index is 13.3. The second-order valence-corrected chi connectivity index (χ2v) is 4.29. The molecule has 2 N–H and O–H groups in total. The summed E-state index contributed by atoms with van der Waals surface area (Å²) in [5, 5.41) is 2.37. The molecule has 0 aliphatic heterocycles. The van der Waals surface area contributed by atoms with E-state index in [1.54, 1.807) is 0 Å². The van der Waals surface area contributed by atoms with Crippen LogP contribution in [0.2, 0.25) is 0 Å². The molecule has 4 nitrogen and oxygen atoms in total. The number of amides is 2. The zero-order chi connectivity index (χ0) is 15.1. The van der Waals surface area contributed by atoms with Gasteiger partial charge in [-0.3, -0.25) is 4.84 Å². The number of urea groups is 1. The van der Waals surface area contributed by atoms with E-state index in [4.69, 9.17) is 4.84 Å². The van der Waals surface area contributed by atoms with Gasteiger partial charge in [-0.15, -0.1) is 0 Å². The number of benzene rings is 2. The van der Waals surface area contributed by atoms with Gasteiger partial charge < -0.3 is 5.32 Å². The lowest BCUT2D eigenvalue weighted by Gasteiger charge is -2.08. The summed E-state index contributed by atoms with van der Waals surface area (Å²) in [5.41, 5.74) is 3.13. The fourth-order valence-electron chi connectivity index (χ4n) is 1.65. The van der Waals surface area contributed by atoms with Gasteiger partial charge in [-0.1, -0.05) is 30.3 Å². The van der Waals surface area contributed by atoms with Crippen molar-refractivity contribution in [3.63, 3.8) is 0 Å². The lowest BCUT2D eigenvalue weighted by molar-refractivity contribution is 0.0489. The number of hydrogen-bond acceptors (Lipinski definition) is 2. The Morgan fingerprint density at radius 3 is 2.62 bits per heavy atom. The van der Waals surface area contributed by atoms with Crippen LogP contribution < -0.4 is 10.8 Å². The van der Waals surface area contributed by atoms with E-state index < -0.39 is 17.7 Å². The van der Waals surface area contributed by atoms with Crippen LogP contribution in [0.1, 0.15) is 11.1 Å². The number of nitrogens with one attached hydrogen (secondary N) is 2. The lowest BCUT2D eigenvalue weighted by atomic mass is 10.2. The quantitative estimate of drug-likeness (QED) is 0.833. The predicted molar refractivity (Wildman–Crippen MR) is 73.0 cm³/mol. The molecule has 6 heteroatoms. The Morgan fingerprint density at radius 1 is 1.10 bits per heavy atom. The summed E-state index contributed by atoms with van der Waals surface area (Å²) >= 11 is 0. The summed E-state index contributed by atoms with van der Waals surface area (Å²) in [6.45, 7) is 0.0761. The molecule has 0 saturated carbocycles. The first-order chi connectivity index (χ1) is 10.1. The Bertz CT molecular complexity index is 606. The van der Waals surface area contributed by atoms with Gasteiger partial charge in [-0.05, 0) is 23.8 Å². The van der Waals surface area contributed by atoms with E-state index >= 15 is 0 Å². The number of halogens is 2. The highest BCUT2D eigenvalue weighted by atomic mass is 19.1. The van der Waals surface area contributed by atoms with Crippen molar-refractivity contribution in [2.24, 2.45) is 0 Å². The number of hydrogen-bond donors (Lipinski definition) is 2. The van der Waals surface area contributed by atoms with Crippen molar-refractivity contribution in [1.29, 1.82) is 0 Å². The Balaban J connectivity index is 1.74. The van der Waals surface area contributed by atoms with E-state index in [9.17, 15) is 13.6 Å². The van der Waals surface area contributed by atoms with Gasteiger partial charge in [-0.2, -0.15) is 0 Å². The molecule has 0 fully saturated rings. The largest absolute Gasteiger partial charge is 0.338 e. The van der Waals surface area contributed by atoms with Crippen LogP contribution in [0.5, 0.6) is 0 Å². The molecular weight excluding hydrogens is 278 g/mol. The minimum absolute atomic E-state index is 0.0632. The summed E-state index contributed by atoms with van der Waals surface area (Å²) in [7, 11) is 0. The van der Waals surface area contributed by atoms with Crippen LogP contribution in [-0.4, -0.2) is 6.03 Å². The van der Waals surface area contributed by atoms with Crippen LogP contribution in [-0.2, 0) is 18.0 Å². The second kappa shape index (κ2) is 7.35. The van der Waals surface area contributed by atoms with Gasteiger partial charge in [0.05, 0.1) is 6.61 Å². The third-order valence-electron chi connectivity index (χ3n) is 2.69. The molecule has 0 unspecified atom stereocenters. The van der Waals surface area contributed by atoms with E-state index in [1.165, 1.54) is 0 Å². The SMILES string of the molecule is O=C(NCc1cc(F)ccc1F)NOCc1ccccc1. The molecular formula is C15H14F2N2O2. The third-order valence-corrected chi connectivity index (χ3v) is 2.69. The minimum atomic E-state index is -0.630. The van der Waals surface area contributed by atoms with Crippen LogP contribution in [0.15, 0.2) is 48.5 Å². The molecule has 0 atom stereocenters. The molecule has 0 aliphatic carbocycles. The Kier molecular flexibility index (Phi) is 5.22. The van der Waals surface area contributed by atoms with Gasteiger partial charge in [0.1, 0.15) is 11.6 Å². The smallest absolute Gasteiger partial charge is 0.332 e. The first kappa shape index (κ1) is 14.9. The molecule has 0 spiro atoms. The molecule has 110 valence electrons. The molecule has 2 rings (SSSR count). The van der Waals surface area contributed by atoms with Gasteiger partial charge in [-0.25, -0.2) is 19.1 Å². The standard InChI is InChI=1S/C15H14F2N2O2/c16-13-6-7-14(17)12(8-13)9-18-15(20)19-21-10-11-4-2-1-3-5-11/h1-8H,9-10H2,(H2,18,19,20). The van der Waals surface area contributed by atoms with Crippen molar-refractivity contribution in [2.45, 2.75) is 13.2 Å². The zero-order valence-corrected chi connectivity index (χ0v) is 11.1. The zero-order valence-electron chi connectivity index (χ0n) is 11.1. The van der Waals surface area contributed by atoms with E-state index in [2.05, 4.69) is 10.8 Å². The van der Waals surface area contributed by atoms with E-state index in [0.29, 0.717) is 0 Å². The molecule has 2 aromatic rings. The lowest BCUT2D eigenvalue weighted by Crippen LogP contribution is -2.35. The van der Waals surface area contributed by atoms with Crippen LogP contribution in [0.3, 0.4) is 0 Å². The normalized spacial score (nSPS) is 10.2. The fourth-order valence-corrected chi connectivity index (χ4v) is 1.65. The highest BCUT2D eigenvalue weighted by Crippen LogP contribution is 2.09. The number of hydroxylamine groups is 1. The highest BCUT2D eigenvalue weighted by molar-refractivity contribution is 5.72. The summed E-state index contributed by atoms with van der Waals surface area (Å²) < 4.78 is 26.3. The van der Waals surface area contributed by atoms with Crippen LogP contribution >= 0.6 is 0 Å². The number of carbonyl (C=O) groups excluding carboxylic acids is 1. The van der Waals surface area contributed by atoms with E-state index in [-0.39, 0.29) is 18.7 Å². The molecule has 0 heterocycles. The maximum Gasteiger partial charge on any atom is 0.338 e. The van der Waals surface area contributed by atoms with Crippen LogP contribution in [0.4, 0.5) is 13.6 Å². The van der Waals surface area contributed by atoms with E-state index in [1.807, 2.05) is 30.3 Å². The summed E-state index contributed by atoms with van der Waals surface area (Å²) in [5.74, 6) is -1.14. The van der Waals surface area contributed by atoms with Crippen molar-refractivity contribution in [3.8, 4) is 0 Å². The molecule has 0 bridgehead atoms. The predicted octanol–water partition coefficient (Wildman–Crippen LogP) is 2.90. The van der Waals surface area contributed by atoms with E-state index in [0.717, 1.165) is 23.8 Å². The molecule has 0 aromatic heterocycles. The fraction of sp³-hybridized carbons (Fsp3) is 0.133. The molecule has 21 heavy (non-hydrogen) atoms. The average Bonchev–Trinajstić information content (AvgIpc) is 2.49. The Labute approximate surface area is 120 Å². The highest BCUT2D eigenvalue weighted by Gasteiger charge is 2.06. The van der Waals surface area contributed by atoms with Gasteiger partial charge in [0.15, 0.2) is 0 Å². The Hall–Kier alpha value is -2.47. The topological polar surface area (TPSA) is 50.4 Å². The summed E-state index contributed by atoms with van der Waals surface area (Å²) in [4.78, 5) is 16.4. The van der Waals surface area contributed by atoms with Crippen molar-refractivity contribution >= 4 is 6.03 Å². The van der Waals surface area contributed by atoms with Gasteiger partial charge in [0.25, 0.3) is 0 Å². The first-order valence-electron chi connectivity index (χ1n) is 6.28. The second-order valence-electron chi connectivity index (χ2n) is 4.29. The van der Waals surface area contributed by atoms with Gasteiger partial charge >= 0.3 is 6.03 Å². The average molecular weight is 292 g/mol.